The van der Waals surface area contributed by atoms with Crippen LogP contribution in [0.4, 0.5) is 0 Å². The Balaban J connectivity index is 3.94. The molecule has 0 aliphatic carbocycles. The maximum absolute atomic E-state index is 5.06. The summed E-state index contributed by atoms with van der Waals surface area (Å²) in [6.07, 6.45) is 3.53. The minimum atomic E-state index is 0.394. The lowest BCUT2D eigenvalue weighted by Crippen LogP contribution is -2.37. The quantitative estimate of drug-likeness (QED) is 0.485. The molecule has 0 bridgehead atoms. The average Bonchev–Trinajstić information content (AvgIpc) is 2.26. The van der Waals surface area contributed by atoms with Crippen molar-refractivity contribution in [3.8, 4) is 0 Å². The topological polar surface area (TPSA) is 12.5 Å². The van der Waals surface area contributed by atoms with Gasteiger partial charge < -0.3 is 9.64 Å². The monoisotopic (exact) mass is 233 g/mol. The summed E-state index contributed by atoms with van der Waals surface area (Å²) in [6.45, 7) is 7.65. The molecule has 3 heteroatoms. The van der Waals surface area contributed by atoms with Crippen molar-refractivity contribution in [2.24, 2.45) is 5.41 Å². The van der Waals surface area contributed by atoms with Crippen LogP contribution < -0.4 is 0 Å². The Morgan fingerprint density at radius 1 is 1.27 bits per heavy atom. The number of ether oxygens (including phenoxy) is 1. The van der Waals surface area contributed by atoms with Gasteiger partial charge in [0.2, 0.25) is 0 Å². The molecule has 15 heavy (non-hydrogen) atoms. The summed E-state index contributed by atoms with van der Waals surface area (Å²) >= 11 is 4.49. The van der Waals surface area contributed by atoms with Gasteiger partial charge in [-0.25, -0.2) is 0 Å². The van der Waals surface area contributed by atoms with Gasteiger partial charge in [0.1, 0.15) is 0 Å². The molecule has 0 spiro atoms. The van der Waals surface area contributed by atoms with E-state index in [0.717, 1.165) is 31.9 Å². The molecule has 0 aliphatic heterocycles. The third-order valence-electron chi connectivity index (χ3n) is 3.33. The van der Waals surface area contributed by atoms with E-state index in [0.29, 0.717) is 5.41 Å². The second-order valence-electron chi connectivity index (χ2n) is 4.45. The van der Waals surface area contributed by atoms with Gasteiger partial charge in [0.05, 0.1) is 0 Å². The van der Waals surface area contributed by atoms with Crippen molar-refractivity contribution in [1.29, 1.82) is 0 Å². The van der Waals surface area contributed by atoms with Crippen LogP contribution in [-0.4, -0.2) is 44.5 Å². The maximum Gasteiger partial charge on any atom is 0.0474 e. The molecule has 2 nitrogen and oxygen atoms in total. The third kappa shape index (κ3) is 5.79. The highest BCUT2D eigenvalue weighted by Crippen LogP contribution is 2.28. The molecular formula is C12H27NOS. The summed E-state index contributed by atoms with van der Waals surface area (Å²) in [6, 6.07) is 0. The van der Waals surface area contributed by atoms with E-state index < -0.39 is 0 Å². The van der Waals surface area contributed by atoms with E-state index in [9.17, 15) is 0 Å². The van der Waals surface area contributed by atoms with Gasteiger partial charge in [0, 0.05) is 26.8 Å². The Morgan fingerprint density at radius 3 is 2.27 bits per heavy atom. The van der Waals surface area contributed by atoms with Crippen LogP contribution in [0.2, 0.25) is 0 Å². The van der Waals surface area contributed by atoms with Crippen LogP contribution in [0, 0.1) is 5.41 Å². The lowest BCUT2D eigenvalue weighted by molar-refractivity contribution is 0.151. The van der Waals surface area contributed by atoms with E-state index >= 15 is 0 Å². The highest BCUT2D eigenvalue weighted by atomic mass is 32.1. The first-order valence-electron chi connectivity index (χ1n) is 5.92. The smallest absolute Gasteiger partial charge is 0.0474 e. The fourth-order valence-corrected chi connectivity index (χ4v) is 2.42. The summed E-state index contributed by atoms with van der Waals surface area (Å²) in [5, 5.41) is 0. The summed E-state index contributed by atoms with van der Waals surface area (Å²) < 4.78 is 5.06. The molecule has 0 aromatic rings. The highest BCUT2D eigenvalue weighted by molar-refractivity contribution is 7.80. The molecule has 0 amide bonds. The Labute approximate surface area is 101 Å². The van der Waals surface area contributed by atoms with Crippen molar-refractivity contribution >= 4 is 12.6 Å². The van der Waals surface area contributed by atoms with Gasteiger partial charge in [-0.2, -0.15) is 12.6 Å². The minimum absolute atomic E-state index is 0.394. The molecule has 0 aliphatic rings. The largest absolute Gasteiger partial charge is 0.385 e. The van der Waals surface area contributed by atoms with Crippen LogP contribution in [0.1, 0.15) is 33.1 Å². The highest BCUT2D eigenvalue weighted by Gasteiger charge is 2.25. The molecule has 92 valence electrons. The van der Waals surface area contributed by atoms with E-state index in [1.54, 1.807) is 7.11 Å². The zero-order valence-electron chi connectivity index (χ0n) is 10.8. The average molecular weight is 233 g/mol. The number of hydrogen-bond acceptors (Lipinski definition) is 3. The SMILES string of the molecule is CCC(CC)(CS)CN(C)CCCOC. The van der Waals surface area contributed by atoms with Crippen molar-refractivity contribution < 1.29 is 4.74 Å². The van der Waals surface area contributed by atoms with E-state index in [1.807, 2.05) is 0 Å². The van der Waals surface area contributed by atoms with Crippen molar-refractivity contribution in [3.05, 3.63) is 0 Å². The van der Waals surface area contributed by atoms with Gasteiger partial charge in [-0.05, 0) is 37.5 Å². The minimum Gasteiger partial charge on any atom is -0.385 e. The molecule has 0 aromatic heterocycles. The van der Waals surface area contributed by atoms with Crippen molar-refractivity contribution in [1.82, 2.24) is 4.90 Å². The van der Waals surface area contributed by atoms with Gasteiger partial charge in [-0.3, -0.25) is 0 Å². The van der Waals surface area contributed by atoms with E-state index in [1.165, 1.54) is 12.8 Å². The summed E-state index contributed by atoms with van der Waals surface area (Å²) in [7, 11) is 3.95. The molecular weight excluding hydrogens is 206 g/mol. The normalized spacial score (nSPS) is 12.4. The Morgan fingerprint density at radius 2 is 1.87 bits per heavy atom. The lowest BCUT2D eigenvalue weighted by Gasteiger charge is -2.34. The fourth-order valence-electron chi connectivity index (χ4n) is 1.88. The number of hydrogen-bond donors (Lipinski definition) is 1. The molecule has 0 heterocycles. The predicted molar refractivity (Wildman–Crippen MR) is 70.9 cm³/mol. The first-order valence-corrected chi connectivity index (χ1v) is 6.55. The second-order valence-corrected chi connectivity index (χ2v) is 4.77. The molecule has 0 unspecified atom stereocenters. The zero-order chi connectivity index (χ0) is 11.7. The number of rotatable bonds is 9. The van der Waals surface area contributed by atoms with Crippen molar-refractivity contribution in [2.75, 3.05) is 39.6 Å². The molecule has 0 saturated heterocycles. The lowest BCUT2D eigenvalue weighted by atomic mass is 9.84. The summed E-state index contributed by atoms with van der Waals surface area (Å²) in [4.78, 5) is 2.40. The molecule has 0 saturated carbocycles. The van der Waals surface area contributed by atoms with Crippen LogP contribution >= 0.6 is 12.6 Å². The number of thiol groups is 1. The van der Waals surface area contributed by atoms with Crippen LogP contribution in [0.15, 0.2) is 0 Å². The molecule has 0 radical (unpaired) electrons. The van der Waals surface area contributed by atoms with E-state index in [-0.39, 0.29) is 0 Å². The maximum atomic E-state index is 5.06. The number of nitrogens with zero attached hydrogens (tertiary/aromatic N) is 1. The Hall–Kier alpha value is 0.270. The molecule has 0 fully saturated rings. The van der Waals surface area contributed by atoms with Crippen molar-refractivity contribution in [2.45, 2.75) is 33.1 Å². The molecule has 0 N–H and O–H groups in total. The first kappa shape index (κ1) is 15.3. The van der Waals surface area contributed by atoms with Crippen molar-refractivity contribution in [3.63, 3.8) is 0 Å². The van der Waals surface area contributed by atoms with E-state index in [4.69, 9.17) is 4.74 Å². The summed E-state index contributed by atoms with van der Waals surface area (Å²) in [5.41, 5.74) is 0.394. The first-order chi connectivity index (χ1) is 7.14. The zero-order valence-corrected chi connectivity index (χ0v) is 11.6. The van der Waals surface area contributed by atoms with Gasteiger partial charge in [0.15, 0.2) is 0 Å². The van der Waals surface area contributed by atoms with Gasteiger partial charge in [-0.1, -0.05) is 13.8 Å². The molecule has 0 rings (SSSR count). The van der Waals surface area contributed by atoms with Crippen LogP contribution in [0.25, 0.3) is 0 Å². The standard InChI is InChI=1S/C12H27NOS/c1-5-12(6-2,11-15)10-13(3)8-7-9-14-4/h15H,5-11H2,1-4H3. The number of methoxy groups -OCH3 is 1. The van der Waals surface area contributed by atoms with Gasteiger partial charge in [-0.15, -0.1) is 0 Å². The van der Waals surface area contributed by atoms with Gasteiger partial charge >= 0.3 is 0 Å². The van der Waals surface area contributed by atoms with Crippen LogP contribution in [-0.2, 0) is 4.74 Å². The second kappa shape index (κ2) is 8.43. The molecule has 0 aromatic carbocycles. The van der Waals surface area contributed by atoms with E-state index in [2.05, 4.69) is 38.4 Å². The fraction of sp³-hybridized carbons (Fsp3) is 1.00. The Kier molecular flexibility index (Phi) is 8.58. The predicted octanol–water partition coefficient (Wildman–Crippen LogP) is 2.69. The Bertz CT molecular complexity index is 140. The third-order valence-corrected chi connectivity index (χ3v) is 4.00. The van der Waals surface area contributed by atoms with Gasteiger partial charge in [0.25, 0.3) is 0 Å². The molecule has 0 atom stereocenters. The summed E-state index contributed by atoms with van der Waals surface area (Å²) in [5.74, 6) is 0.981. The van der Waals surface area contributed by atoms with Crippen LogP contribution in [0.3, 0.4) is 0 Å². The van der Waals surface area contributed by atoms with Crippen LogP contribution in [0.5, 0.6) is 0 Å².